The highest BCUT2D eigenvalue weighted by Gasteiger charge is 2.23. The molecule has 0 spiro atoms. The van der Waals surface area contributed by atoms with Crippen molar-refractivity contribution in [3.8, 4) is 0 Å². The number of thiophene rings is 1. The number of fused-ring (bicyclic) bond motifs is 1. The van der Waals surface area contributed by atoms with Crippen LogP contribution in [0.4, 0.5) is 10.7 Å². The third kappa shape index (κ3) is 3.00. The molecule has 2 N–H and O–H groups in total. The minimum Gasteiger partial charge on any atom is -0.465 e. The molecule has 0 saturated carbocycles. The van der Waals surface area contributed by atoms with Crippen LogP contribution in [0.3, 0.4) is 0 Å². The van der Waals surface area contributed by atoms with Crippen LogP contribution < -0.4 is 10.0 Å². The van der Waals surface area contributed by atoms with E-state index in [1.54, 1.807) is 19.1 Å². The normalized spacial score (nSPS) is 13.3. The number of anilines is 2. The second-order valence-corrected chi connectivity index (χ2v) is 8.00. The van der Waals surface area contributed by atoms with Crippen LogP contribution in [0.1, 0.15) is 20.8 Å². The fraction of sp³-hybridized carbons (Fsp3) is 0.200. The minimum absolute atomic E-state index is 0.0587. The number of carbonyl (C=O) groups is 2. The summed E-state index contributed by atoms with van der Waals surface area (Å²) in [7, 11) is -2.55. The lowest BCUT2D eigenvalue weighted by Gasteiger charge is -2.07. The molecule has 1 amide bonds. The van der Waals surface area contributed by atoms with Crippen molar-refractivity contribution in [1.29, 1.82) is 0 Å². The number of amides is 1. The lowest BCUT2D eigenvalue weighted by atomic mass is 10.2. The predicted molar refractivity (Wildman–Crippen MR) is 90.0 cm³/mol. The smallest absolute Gasteiger partial charge is 0.348 e. The summed E-state index contributed by atoms with van der Waals surface area (Å²) in [4.78, 5) is 23.4. The average molecular weight is 366 g/mol. The highest BCUT2D eigenvalue weighted by atomic mass is 32.2. The van der Waals surface area contributed by atoms with Gasteiger partial charge in [-0.15, -0.1) is 11.3 Å². The van der Waals surface area contributed by atoms with Crippen LogP contribution in [0.15, 0.2) is 29.2 Å². The number of methoxy groups -OCH3 is 1. The van der Waals surface area contributed by atoms with Crippen molar-refractivity contribution < 1.29 is 22.7 Å². The van der Waals surface area contributed by atoms with E-state index < -0.39 is 16.0 Å². The molecule has 24 heavy (non-hydrogen) atoms. The van der Waals surface area contributed by atoms with Gasteiger partial charge in [-0.05, 0) is 42.3 Å². The van der Waals surface area contributed by atoms with Gasteiger partial charge in [-0.3, -0.25) is 9.52 Å². The topological polar surface area (TPSA) is 102 Å². The van der Waals surface area contributed by atoms with Crippen LogP contribution in [0, 0.1) is 6.92 Å². The van der Waals surface area contributed by atoms with Gasteiger partial charge in [0.25, 0.3) is 10.0 Å². The van der Waals surface area contributed by atoms with Gasteiger partial charge in [0.05, 0.1) is 18.4 Å². The Morgan fingerprint density at radius 3 is 2.79 bits per heavy atom. The van der Waals surface area contributed by atoms with Gasteiger partial charge < -0.3 is 10.1 Å². The molecule has 7 nitrogen and oxygen atoms in total. The number of rotatable bonds is 4. The Balaban J connectivity index is 1.89. The molecule has 3 rings (SSSR count). The molecule has 9 heteroatoms. The summed E-state index contributed by atoms with van der Waals surface area (Å²) in [6.07, 6.45) is 0.156. The second-order valence-electron chi connectivity index (χ2n) is 5.26. The van der Waals surface area contributed by atoms with Crippen molar-refractivity contribution in [2.75, 3.05) is 17.1 Å². The van der Waals surface area contributed by atoms with Crippen LogP contribution in [0.2, 0.25) is 0 Å². The quantitative estimate of drug-likeness (QED) is 0.807. The van der Waals surface area contributed by atoms with E-state index in [0.29, 0.717) is 26.7 Å². The number of nitrogens with one attached hydrogen (secondary N) is 2. The van der Waals surface area contributed by atoms with Crippen LogP contribution in [-0.2, 0) is 26.0 Å². The number of carbonyl (C=O) groups excluding carboxylic acids is 2. The Kier molecular flexibility index (Phi) is 4.06. The number of ether oxygens (including phenoxy) is 1. The number of esters is 1. The van der Waals surface area contributed by atoms with E-state index in [9.17, 15) is 18.0 Å². The molecule has 1 aliphatic rings. The maximum Gasteiger partial charge on any atom is 0.348 e. The van der Waals surface area contributed by atoms with Gasteiger partial charge in [-0.25, -0.2) is 13.2 Å². The van der Waals surface area contributed by atoms with Crippen molar-refractivity contribution in [2.24, 2.45) is 0 Å². The largest absolute Gasteiger partial charge is 0.465 e. The Morgan fingerprint density at radius 2 is 2.08 bits per heavy atom. The molecule has 1 aromatic carbocycles. The molecule has 2 heterocycles. The van der Waals surface area contributed by atoms with Crippen molar-refractivity contribution in [3.63, 3.8) is 0 Å². The highest BCUT2D eigenvalue weighted by molar-refractivity contribution is 7.93. The van der Waals surface area contributed by atoms with Gasteiger partial charge in [0.2, 0.25) is 5.91 Å². The van der Waals surface area contributed by atoms with E-state index in [2.05, 4.69) is 14.8 Å². The predicted octanol–water partition coefficient (Wildman–Crippen LogP) is 2.14. The molecule has 0 radical (unpaired) electrons. The van der Waals surface area contributed by atoms with E-state index in [-0.39, 0.29) is 17.2 Å². The Hall–Kier alpha value is -2.39. The van der Waals surface area contributed by atoms with Crippen LogP contribution in [-0.4, -0.2) is 27.4 Å². The third-order valence-corrected chi connectivity index (χ3v) is 6.16. The minimum atomic E-state index is -3.82. The molecule has 0 atom stereocenters. The second kappa shape index (κ2) is 5.91. The van der Waals surface area contributed by atoms with E-state index in [1.807, 2.05) is 0 Å². The number of hydrogen-bond donors (Lipinski definition) is 2. The first kappa shape index (κ1) is 16.5. The first-order valence-electron chi connectivity index (χ1n) is 6.94. The maximum absolute atomic E-state index is 12.5. The summed E-state index contributed by atoms with van der Waals surface area (Å²) in [6.45, 7) is 1.70. The van der Waals surface area contributed by atoms with E-state index in [4.69, 9.17) is 0 Å². The summed E-state index contributed by atoms with van der Waals surface area (Å²) < 4.78 is 32.1. The number of benzene rings is 1. The summed E-state index contributed by atoms with van der Waals surface area (Å²) in [6, 6.07) is 6.03. The summed E-state index contributed by atoms with van der Waals surface area (Å²) in [5.41, 5.74) is 1.90. The summed E-state index contributed by atoms with van der Waals surface area (Å²) in [5, 5.41) is 2.97. The van der Waals surface area contributed by atoms with Crippen molar-refractivity contribution in [1.82, 2.24) is 0 Å². The molecule has 0 aliphatic carbocycles. The Bertz CT molecular complexity index is 947. The zero-order valence-corrected chi connectivity index (χ0v) is 14.5. The lowest BCUT2D eigenvalue weighted by molar-refractivity contribution is -0.115. The van der Waals surface area contributed by atoms with E-state index >= 15 is 0 Å². The fourth-order valence-electron chi connectivity index (χ4n) is 2.39. The zero-order chi connectivity index (χ0) is 17.5. The van der Waals surface area contributed by atoms with E-state index in [0.717, 1.165) is 11.3 Å². The SMILES string of the molecule is COC(=O)c1sc(NS(=O)(=O)c2ccc3c(c2)CC(=O)N3)cc1C. The van der Waals surface area contributed by atoms with Gasteiger partial charge >= 0.3 is 5.97 Å². The van der Waals surface area contributed by atoms with Gasteiger partial charge in [-0.2, -0.15) is 0 Å². The standard InChI is InChI=1S/C15H14N2O5S2/c1-8-5-13(23-14(8)15(19)22-2)17-24(20,21)10-3-4-11-9(6-10)7-12(18)16-11/h3-6,17H,7H2,1-2H3,(H,16,18). The maximum atomic E-state index is 12.5. The Labute approximate surface area is 142 Å². The van der Waals surface area contributed by atoms with Crippen LogP contribution in [0.25, 0.3) is 0 Å². The van der Waals surface area contributed by atoms with Crippen LogP contribution in [0.5, 0.6) is 0 Å². The third-order valence-electron chi connectivity index (χ3n) is 3.54. The summed E-state index contributed by atoms with van der Waals surface area (Å²) in [5.74, 6) is -0.672. The zero-order valence-electron chi connectivity index (χ0n) is 12.9. The van der Waals surface area contributed by atoms with Crippen molar-refractivity contribution in [3.05, 3.63) is 40.3 Å². The lowest BCUT2D eigenvalue weighted by Crippen LogP contribution is -2.12. The van der Waals surface area contributed by atoms with Gasteiger partial charge in [0.15, 0.2) is 0 Å². The Morgan fingerprint density at radius 1 is 1.33 bits per heavy atom. The number of hydrogen-bond acceptors (Lipinski definition) is 6. The molecule has 0 bridgehead atoms. The molecular weight excluding hydrogens is 352 g/mol. The highest BCUT2D eigenvalue weighted by Crippen LogP contribution is 2.31. The molecule has 126 valence electrons. The molecule has 2 aromatic rings. The molecule has 0 saturated heterocycles. The van der Waals surface area contributed by atoms with Gasteiger partial charge in [0.1, 0.15) is 9.88 Å². The van der Waals surface area contributed by atoms with Gasteiger partial charge in [0, 0.05) is 5.69 Å². The first-order chi connectivity index (χ1) is 11.3. The molecular formula is C15H14N2O5S2. The monoisotopic (exact) mass is 366 g/mol. The van der Waals surface area contributed by atoms with Crippen molar-refractivity contribution >= 4 is 43.9 Å². The number of sulfonamides is 1. The molecule has 1 aromatic heterocycles. The molecule has 0 fully saturated rings. The van der Waals surface area contributed by atoms with Crippen LogP contribution >= 0.6 is 11.3 Å². The van der Waals surface area contributed by atoms with Gasteiger partial charge in [-0.1, -0.05) is 0 Å². The fourth-order valence-corrected chi connectivity index (χ4v) is 4.72. The number of aryl methyl sites for hydroxylation is 1. The van der Waals surface area contributed by atoms with E-state index in [1.165, 1.54) is 19.2 Å². The molecule has 0 unspecified atom stereocenters. The average Bonchev–Trinajstić information content (AvgIpc) is 3.06. The first-order valence-corrected chi connectivity index (χ1v) is 9.24. The molecule has 1 aliphatic heterocycles. The van der Waals surface area contributed by atoms with Crippen molar-refractivity contribution in [2.45, 2.75) is 18.2 Å². The summed E-state index contributed by atoms with van der Waals surface area (Å²) >= 11 is 1.01.